The van der Waals surface area contributed by atoms with Crippen LogP contribution in [-0.2, 0) is 11.7 Å². The molecule has 1 heterocycles. The quantitative estimate of drug-likeness (QED) is 0.893. The lowest BCUT2D eigenvalue weighted by Gasteiger charge is -2.21. The van der Waals surface area contributed by atoms with Crippen molar-refractivity contribution in [2.24, 2.45) is 5.73 Å². The summed E-state index contributed by atoms with van der Waals surface area (Å²) in [5.41, 5.74) is 6.25. The van der Waals surface area contributed by atoms with Crippen molar-refractivity contribution in [1.29, 1.82) is 0 Å². The Morgan fingerprint density at radius 2 is 1.81 bits per heavy atom. The van der Waals surface area contributed by atoms with Crippen LogP contribution >= 0.6 is 0 Å². The lowest BCUT2D eigenvalue weighted by Crippen LogP contribution is -2.34. The molecule has 0 bridgehead atoms. The van der Waals surface area contributed by atoms with Crippen molar-refractivity contribution < 1.29 is 13.2 Å². The molecule has 0 radical (unpaired) electrons. The first-order valence-electron chi connectivity index (χ1n) is 6.76. The highest BCUT2D eigenvalue weighted by atomic mass is 19.4. The molecular weight excluding hydrogens is 279 g/mol. The van der Waals surface area contributed by atoms with Crippen molar-refractivity contribution in [2.75, 3.05) is 0 Å². The summed E-state index contributed by atoms with van der Waals surface area (Å²) in [6.07, 6.45) is -1.04. The maximum atomic E-state index is 12.5. The Kier molecular flexibility index (Phi) is 4.09. The van der Waals surface area contributed by atoms with Gasteiger partial charge in [-0.15, -0.1) is 0 Å². The minimum Gasteiger partial charge on any atom is -0.340 e. The van der Waals surface area contributed by atoms with Gasteiger partial charge in [0.15, 0.2) is 0 Å². The van der Waals surface area contributed by atoms with E-state index in [2.05, 4.69) is 9.97 Å². The Morgan fingerprint density at radius 1 is 1.19 bits per heavy atom. The number of alkyl halides is 3. The van der Waals surface area contributed by atoms with Gasteiger partial charge in [-0.3, -0.25) is 0 Å². The summed E-state index contributed by atoms with van der Waals surface area (Å²) in [5, 5.41) is 0. The van der Waals surface area contributed by atoms with Gasteiger partial charge in [-0.05, 0) is 31.0 Å². The van der Waals surface area contributed by atoms with Gasteiger partial charge < -0.3 is 10.7 Å². The number of aromatic nitrogens is 2. The van der Waals surface area contributed by atoms with Crippen LogP contribution in [0.3, 0.4) is 0 Å². The number of aromatic amines is 1. The van der Waals surface area contributed by atoms with E-state index >= 15 is 0 Å². The molecule has 2 rings (SSSR count). The first kappa shape index (κ1) is 15.6. The van der Waals surface area contributed by atoms with Crippen LogP contribution in [0.4, 0.5) is 13.2 Å². The third-order valence-electron chi connectivity index (χ3n) is 3.41. The number of rotatable bonds is 4. The molecule has 0 saturated carbocycles. The zero-order valence-electron chi connectivity index (χ0n) is 12.0. The van der Waals surface area contributed by atoms with Crippen LogP contribution in [0.5, 0.6) is 0 Å². The fraction of sp³-hybridized carbons (Fsp3) is 0.400. The second-order valence-electron chi connectivity index (χ2n) is 5.39. The Hall–Kier alpha value is -1.82. The van der Waals surface area contributed by atoms with Crippen molar-refractivity contribution in [3.8, 4) is 11.3 Å². The van der Waals surface area contributed by atoms with Crippen molar-refractivity contribution in [1.82, 2.24) is 9.97 Å². The Labute approximate surface area is 121 Å². The van der Waals surface area contributed by atoms with Gasteiger partial charge in [0.25, 0.3) is 0 Å². The molecule has 1 aromatic heterocycles. The highest BCUT2D eigenvalue weighted by molar-refractivity contribution is 5.59. The number of benzene rings is 1. The first-order chi connectivity index (χ1) is 9.74. The highest BCUT2D eigenvalue weighted by Crippen LogP contribution is 2.31. The molecule has 0 spiro atoms. The maximum absolute atomic E-state index is 12.5. The fourth-order valence-corrected chi connectivity index (χ4v) is 2.23. The number of hydrogen-bond acceptors (Lipinski definition) is 2. The van der Waals surface area contributed by atoms with Gasteiger partial charge in [-0.1, -0.05) is 25.5 Å². The Bertz CT molecular complexity index is 597. The van der Waals surface area contributed by atoms with Gasteiger partial charge in [0.2, 0.25) is 0 Å². The number of nitrogens with two attached hydrogens (primary N) is 1. The van der Waals surface area contributed by atoms with Gasteiger partial charge in [0, 0.05) is 0 Å². The minimum absolute atomic E-state index is 0.571. The fourth-order valence-electron chi connectivity index (χ4n) is 2.23. The molecule has 0 fully saturated rings. The predicted octanol–water partition coefficient (Wildman–Crippen LogP) is 4.07. The summed E-state index contributed by atoms with van der Waals surface area (Å²) in [6, 6.07) is 4.97. The molecule has 3 nitrogen and oxygen atoms in total. The molecule has 1 unspecified atom stereocenters. The van der Waals surface area contributed by atoms with E-state index in [1.54, 1.807) is 6.20 Å². The monoisotopic (exact) mass is 297 g/mol. The normalized spacial score (nSPS) is 15.0. The van der Waals surface area contributed by atoms with E-state index in [9.17, 15) is 13.2 Å². The molecule has 114 valence electrons. The molecule has 3 N–H and O–H groups in total. The molecule has 0 amide bonds. The zero-order chi connectivity index (χ0) is 15.7. The van der Waals surface area contributed by atoms with Crippen molar-refractivity contribution in [3.63, 3.8) is 0 Å². The number of halogens is 3. The third-order valence-corrected chi connectivity index (χ3v) is 3.41. The minimum atomic E-state index is -4.32. The maximum Gasteiger partial charge on any atom is 0.416 e. The van der Waals surface area contributed by atoms with Gasteiger partial charge in [-0.25, -0.2) is 4.98 Å². The Balaban J connectivity index is 2.26. The van der Waals surface area contributed by atoms with E-state index in [0.29, 0.717) is 17.1 Å². The number of H-pyrrole nitrogens is 1. The smallest absolute Gasteiger partial charge is 0.340 e. The van der Waals surface area contributed by atoms with Crippen LogP contribution in [0.15, 0.2) is 30.5 Å². The molecule has 0 aliphatic heterocycles. The molecular formula is C15H18F3N3. The zero-order valence-corrected chi connectivity index (χ0v) is 12.0. The average Bonchev–Trinajstić information content (AvgIpc) is 2.88. The summed E-state index contributed by atoms with van der Waals surface area (Å²) < 4.78 is 37.6. The molecule has 6 heteroatoms. The van der Waals surface area contributed by atoms with Crippen LogP contribution in [0.1, 0.15) is 38.1 Å². The van der Waals surface area contributed by atoms with Crippen LogP contribution in [0.25, 0.3) is 11.3 Å². The molecule has 1 atom stereocenters. The number of imidazole rings is 1. The second kappa shape index (κ2) is 5.52. The van der Waals surface area contributed by atoms with E-state index in [1.165, 1.54) is 12.1 Å². The largest absolute Gasteiger partial charge is 0.416 e. The molecule has 1 aromatic carbocycles. The van der Waals surface area contributed by atoms with Crippen molar-refractivity contribution >= 4 is 0 Å². The van der Waals surface area contributed by atoms with E-state index in [4.69, 9.17) is 5.73 Å². The van der Waals surface area contributed by atoms with Gasteiger partial charge in [0.1, 0.15) is 5.82 Å². The number of nitrogens with zero attached hydrogens (tertiary/aromatic N) is 1. The van der Waals surface area contributed by atoms with Crippen molar-refractivity contribution in [3.05, 3.63) is 41.9 Å². The molecule has 0 aliphatic carbocycles. The summed E-state index contributed by atoms with van der Waals surface area (Å²) >= 11 is 0. The lowest BCUT2D eigenvalue weighted by atomic mass is 9.97. The van der Waals surface area contributed by atoms with E-state index in [1.807, 2.05) is 13.8 Å². The summed E-state index contributed by atoms with van der Waals surface area (Å²) in [5.74, 6) is 0.638. The number of nitrogens with one attached hydrogen (secondary N) is 1. The lowest BCUT2D eigenvalue weighted by molar-refractivity contribution is -0.137. The molecule has 0 aliphatic rings. The SMILES string of the molecule is CCCC(C)(N)c1ncc(-c2ccc(C(F)(F)F)cc2)[nH]1. The van der Waals surface area contributed by atoms with E-state index < -0.39 is 17.3 Å². The summed E-state index contributed by atoms with van der Waals surface area (Å²) in [6.45, 7) is 3.91. The number of hydrogen-bond donors (Lipinski definition) is 2. The second-order valence-corrected chi connectivity index (χ2v) is 5.39. The third kappa shape index (κ3) is 3.44. The molecule has 0 saturated heterocycles. The van der Waals surface area contributed by atoms with Crippen molar-refractivity contribution in [2.45, 2.75) is 38.4 Å². The van der Waals surface area contributed by atoms with E-state index in [0.717, 1.165) is 25.0 Å². The molecule has 21 heavy (non-hydrogen) atoms. The standard InChI is InChI=1S/C15H18F3N3/c1-3-8-14(2,19)13-20-9-12(21-13)10-4-6-11(7-5-10)15(16,17)18/h4-7,9H,3,8,19H2,1-2H3,(H,20,21). The highest BCUT2D eigenvalue weighted by Gasteiger charge is 2.30. The van der Waals surface area contributed by atoms with Crippen LogP contribution < -0.4 is 5.73 Å². The van der Waals surface area contributed by atoms with E-state index in [-0.39, 0.29) is 0 Å². The topological polar surface area (TPSA) is 54.7 Å². The van der Waals surface area contributed by atoms with Gasteiger partial charge >= 0.3 is 6.18 Å². The predicted molar refractivity (Wildman–Crippen MR) is 75.5 cm³/mol. The van der Waals surface area contributed by atoms with Gasteiger partial charge in [-0.2, -0.15) is 13.2 Å². The van der Waals surface area contributed by atoms with Crippen LogP contribution in [0.2, 0.25) is 0 Å². The summed E-state index contributed by atoms with van der Waals surface area (Å²) in [7, 11) is 0. The first-order valence-corrected chi connectivity index (χ1v) is 6.76. The average molecular weight is 297 g/mol. The van der Waals surface area contributed by atoms with Gasteiger partial charge in [0.05, 0.1) is 23.0 Å². The van der Waals surface area contributed by atoms with Crippen LogP contribution in [0, 0.1) is 0 Å². The van der Waals surface area contributed by atoms with Crippen LogP contribution in [-0.4, -0.2) is 9.97 Å². The Morgan fingerprint density at radius 3 is 2.33 bits per heavy atom. The summed E-state index contributed by atoms with van der Waals surface area (Å²) in [4.78, 5) is 7.35. The molecule has 2 aromatic rings.